The van der Waals surface area contributed by atoms with Gasteiger partial charge in [-0.2, -0.15) is 5.26 Å². The van der Waals surface area contributed by atoms with Crippen LogP contribution in [0.1, 0.15) is 24.3 Å². The molecule has 0 radical (unpaired) electrons. The van der Waals surface area contributed by atoms with E-state index in [-0.39, 0.29) is 29.8 Å². The van der Waals surface area contributed by atoms with Crippen molar-refractivity contribution >= 4 is 23.4 Å². The Morgan fingerprint density at radius 3 is 2.73 bits per heavy atom. The summed E-state index contributed by atoms with van der Waals surface area (Å²) in [6.45, 7) is 2.81. The van der Waals surface area contributed by atoms with E-state index in [9.17, 15) is 0 Å². The molecule has 2 fully saturated rings. The molecule has 2 aromatic carbocycles. The van der Waals surface area contributed by atoms with Crippen molar-refractivity contribution in [1.29, 1.82) is 5.26 Å². The topological polar surface area (TPSA) is 86.7 Å². The third-order valence-electron chi connectivity index (χ3n) is 5.14. The number of benzene rings is 2. The second-order valence-electron chi connectivity index (χ2n) is 7.09. The third kappa shape index (κ3) is 4.51. The number of nitrogens with zero attached hydrogens (tertiary/aromatic N) is 1. The largest absolute Gasteiger partial charge is 0.373 e. The normalized spacial score (nSPS) is 31.0. The van der Waals surface area contributed by atoms with Crippen molar-refractivity contribution in [3.63, 3.8) is 0 Å². The highest BCUT2D eigenvalue weighted by Crippen LogP contribution is 2.40. The van der Waals surface area contributed by atoms with Crippen molar-refractivity contribution in [2.45, 2.75) is 47.9 Å². The van der Waals surface area contributed by atoms with Gasteiger partial charge in [0, 0.05) is 17.1 Å². The molecule has 0 aromatic heterocycles. The molecule has 2 heterocycles. The number of rotatable bonds is 5. The van der Waals surface area contributed by atoms with E-state index in [1.54, 1.807) is 12.1 Å². The maximum atomic E-state index is 9.08. The van der Waals surface area contributed by atoms with Gasteiger partial charge in [-0.05, 0) is 25.1 Å². The van der Waals surface area contributed by atoms with Crippen LogP contribution in [0, 0.1) is 11.3 Å². The molecule has 0 saturated carbocycles. The molecule has 30 heavy (non-hydrogen) atoms. The number of fused-ring (bicyclic) bond motifs is 1. The van der Waals surface area contributed by atoms with Crippen LogP contribution in [-0.2, 0) is 18.9 Å². The highest BCUT2D eigenvalue weighted by Gasteiger charge is 2.49. The van der Waals surface area contributed by atoms with Gasteiger partial charge in [-0.1, -0.05) is 53.7 Å². The smallest absolute Gasteiger partial charge is 0.184 e. The molecule has 0 aliphatic carbocycles. The molecule has 2 saturated heterocycles. The first kappa shape index (κ1) is 21.6. The molecule has 0 amide bonds. The lowest BCUT2D eigenvalue weighted by molar-refractivity contribution is -0.300. The molecule has 8 heteroatoms. The van der Waals surface area contributed by atoms with E-state index in [4.69, 9.17) is 41.5 Å². The van der Waals surface area contributed by atoms with Crippen LogP contribution in [0.25, 0.3) is 0 Å². The van der Waals surface area contributed by atoms with Crippen LogP contribution in [-0.4, -0.2) is 43.0 Å². The minimum Gasteiger partial charge on any atom is -0.373 e. The number of nitriles is 1. The molecule has 6 atom stereocenters. The number of thioether (sulfide) groups is 1. The van der Waals surface area contributed by atoms with Gasteiger partial charge < -0.3 is 24.7 Å². The van der Waals surface area contributed by atoms with Crippen LogP contribution in [0.2, 0.25) is 5.02 Å². The highest BCUT2D eigenvalue weighted by atomic mass is 35.5. The summed E-state index contributed by atoms with van der Waals surface area (Å²) in [5.74, 6) is 0. The zero-order chi connectivity index (χ0) is 21.1. The van der Waals surface area contributed by atoms with Crippen LogP contribution in [0.5, 0.6) is 0 Å². The summed E-state index contributed by atoms with van der Waals surface area (Å²) in [5, 5.41) is 9.49. The molecular formula is C22H23ClN2O4S. The lowest BCUT2D eigenvalue weighted by Crippen LogP contribution is -2.64. The fourth-order valence-electron chi connectivity index (χ4n) is 3.68. The molecule has 2 aromatic rings. The Kier molecular flexibility index (Phi) is 6.96. The number of nitrogens with two attached hydrogens (primary N) is 1. The quantitative estimate of drug-likeness (QED) is 0.745. The van der Waals surface area contributed by atoms with E-state index in [2.05, 4.69) is 6.07 Å². The lowest BCUT2D eigenvalue weighted by Gasteiger charge is -2.48. The average molecular weight is 447 g/mol. The van der Waals surface area contributed by atoms with Crippen molar-refractivity contribution in [2.75, 3.05) is 13.2 Å². The van der Waals surface area contributed by atoms with Gasteiger partial charge in [0.1, 0.15) is 29.8 Å². The highest BCUT2D eigenvalue weighted by molar-refractivity contribution is 7.99. The molecule has 2 aliphatic rings. The van der Waals surface area contributed by atoms with Gasteiger partial charge in [0.15, 0.2) is 6.29 Å². The molecule has 0 spiro atoms. The van der Waals surface area contributed by atoms with Gasteiger partial charge in [-0.3, -0.25) is 0 Å². The van der Waals surface area contributed by atoms with Gasteiger partial charge >= 0.3 is 0 Å². The van der Waals surface area contributed by atoms with Crippen LogP contribution in [0.4, 0.5) is 0 Å². The molecule has 2 N–H and O–H groups in total. The van der Waals surface area contributed by atoms with Crippen molar-refractivity contribution in [2.24, 2.45) is 5.73 Å². The fraction of sp³-hybridized carbons (Fsp3) is 0.409. The van der Waals surface area contributed by atoms with Crippen LogP contribution < -0.4 is 5.73 Å². The van der Waals surface area contributed by atoms with E-state index in [0.717, 1.165) is 10.5 Å². The number of ether oxygens (including phenoxy) is 4. The van der Waals surface area contributed by atoms with Crippen molar-refractivity contribution in [3.8, 4) is 6.07 Å². The van der Waals surface area contributed by atoms with Crippen molar-refractivity contribution in [1.82, 2.24) is 0 Å². The van der Waals surface area contributed by atoms with Crippen LogP contribution in [0.15, 0.2) is 53.4 Å². The Balaban J connectivity index is 1.51. The summed E-state index contributed by atoms with van der Waals surface area (Å²) in [5.41, 5.74) is 7.63. The SMILES string of the molecule is CCOC1C(Sc2ccc(C#N)c(Cl)c2)OC2COC(c3ccccc3)OC2C1N. The molecule has 4 rings (SSSR count). The zero-order valence-corrected chi connectivity index (χ0v) is 18.0. The monoisotopic (exact) mass is 446 g/mol. The summed E-state index contributed by atoms with van der Waals surface area (Å²) in [6.07, 6.45) is -1.50. The van der Waals surface area contributed by atoms with Crippen molar-refractivity contribution < 1.29 is 18.9 Å². The lowest BCUT2D eigenvalue weighted by atomic mass is 9.96. The maximum Gasteiger partial charge on any atom is 0.184 e. The minimum atomic E-state index is -0.481. The first-order valence-corrected chi connectivity index (χ1v) is 11.1. The summed E-state index contributed by atoms with van der Waals surface area (Å²) in [6, 6.07) is 16.8. The van der Waals surface area contributed by atoms with Gasteiger partial charge in [0.2, 0.25) is 0 Å². The Morgan fingerprint density at radius 1 is 1.23 bits per heavy atom. The second-order valence-corrected chi connectivity index (χ2v) is 8.67. The summed E-state index contributed by atoms with van der Waals surface area (Å²) < 4.78 is 24.4. The van der Waals surface area contributed by atoms with E-state index >= 15 is 0 Å². The van der Waals surface area contributed by atoms with Gasteiger partial charge in [-0.25, -0.2) is 0 Å². The van der Waals surface area contributed by atoms with Gasteiger partial charge in [0.25, 0.3) is 0 Å². The van der Waals surface area contributed by atoms with E-state index in [0.29, 0.717) is 23.8 Å². The Bertz CT molecular complexity index is 910. The molecule has 158 valence electrons. The fourth-order valence-corrected chi connectivity index (χ4v) is 5.16. The van der Waals surface area contributed by atoms with Crippen molar-refractivity contribution in [3.05, 3.63) is 64.7 Å². The Labute approximate surface area is 185 Å². The number of hydrogen-bond donors (Lipinski definition) is 1. The van der Waals surface area contributed by atoms with E-state index in [1.165, 1.54) is 11.8 Å². The zero-order valence-electron chi connectivity index (χ0n) is 16.4. The Morgan fingerprint density at radius 2 is 2.03 bits per heavy atom. The predicted molar refractivity (Wildman–Crippen MR) is 114 cm³/mol. The second kappa shape index (κ2) is 9.67. The van der Waals surface area contributed by atoms with E-state index in [1.807, 2.05) is 43.3 Å². The average Bonchev–Trinajstić information content (AvgIpc) is 2.77. The summed E-state index contributed by atoms with van der Waals surface area (Å²) in [4.78, 5) is 0.874. The standard InChI is InChI=1S/C22H23ClN2O4S/c1-2-26-20-18(25)19-17(12-27-21(29-19)13-6-4-3-5-7-13)28-22(20)30-15-9-8-14(11-24)16(23)10-15/h3-10,17-22H,2,12,25H2,1H3. The molecule has 6 unspecified atom stereocenters. The van der Waals surface area contributed by atoms with Crippen LogP contribution >= 0.6 is 23.4 Å². The van der Waals surface area contributed by atoms with E-state index < -0.39 is 6.29 Å². The first-order chi connectivity index (χ1) is 14.6. The Hall–Kier alpha value is -1.63. The first-order valence-electron chi connectivity index (χ1n) is 9.81. The molecule has 0 bridgehead atoms. The summed E-state index contributed by atoms with van der Waals surface area (Å²) in [7, 11) is 0. The summed E-state index contributed by atoms with van der Waals surface area (Å²) >= 11 is 7.66. The molecule has 2 aliphatic heterocycles. The van der Waals surface area contributed by atoms with Gasteiger partial charge in [0.05, 0.1) is 23.2 Å². The molecule has 6 nitrogen and oxygen atoms in total. The van der Waals surface area contributed by atoms with Crippen LogP contribution in [0.3, 0.4) is 0 Å². The van der Waals surface area contributed by atoms with Gasteiger partial charge in [-0.15, -0.1) is 0 Å². The third-order valence-corrected chi connectivity index (χ3v) is 6.59. The maximum absolute atomic E-state index is 9.08. The predicted octanol–water partition coefficient (Wildman–Crippen LogP) is 3.88. The number of hydrogen-bond acceptors (Lipinski definition) is 7. The minimum absolute atomic E-state index is 0.303. The molecular weight excluding hydrogens is 424 g/mol. The number of halogens is 1.